The maximum atomic E-state index is 14.8. The summed E-state index contributed by atoms with van der Waals surface area (Å²) in [5.41, 5.74) is 5.31. The minimum atomic E-state index is -2.70. The Balaban J connectivity index is 1.83. The van der Waals surface area contributed by atoms with Gasteiger partial charge in [0.25, 0.3) is 0 Å². The van der Waals surface area contributed by atoms with E-state index in [0.29, 0.717) is 6.16 Å². The van der Waals surface area contributed by atoms with E-state index in [-0.39, 0.29) is 11.1 Å². The molecule has 2 heterocycles. The molecule has 1 unspecified atom stereocenters. The molecule has 2 aliphatic rings. The predicted molar refractivity (Wildman–Crippen MR) is 119 cm³/mol. The topological polar surface area (TPSA) is 17.1 Å². The maximum absolute atomic E-state index is 14.8. The number of fused-ring (bicyclic) bond motifs is 2. The van der Waals surface area contributed by atoms with E-state index in [4.69, 9.17) is 0 Å². The number of hydrogen-bond acceptors (Lipinski definition) is 1. The molecule has 2 heteroatoms. The van der Waals surface area contributed by atoms with E-state index in [2.05, 4.69) is 62.0 Å². The molecule has 0 saturated carbocycles. The van der Waals surface area contributed by atoms with Gasteiger partial charge in [-0.25, -0.2) is 0 Å². The molecule has 0 aromatic heterocycles. The normalized spacial score (nSPS) is 28.8. The van der Waals surface area contributed by atoms with Crippen molar-refractivity contribution in [3.8, 4) is 0 Å². The van der Waals surface area contributed by atoms with Crippen LogP contribution in [0.5, 0.6) is 0 Å². The second-order valence-corrected chi connectivity index (χ2v) is 11.0. The lowest BCUT2D eigenvalue weighted by Gasteiger charge is -2.34. The van der Waals surface area contributed by atoms with Crippen molar-refractivity contribution < 1.29 is 4.57 Å². The molecule has 0 radical (unpaired) electrons. The van der Waals surface area contributed by atoms with Crippen molar-refractivity contribution in [3.05, 3.63) is 120 Å². The van der Waals surface area contributed by atoms with Gasteiger partial charge in [-0.15, -0.1) is 0 Å². The average Bonchev–Trinajstić information content (AvgIpc) is 3.10. The number of rotatable bonds is 3. The van der Waals surface area contributed by atoms with Gasteiger partial charge < -0.3 is 4.57 Å². The zero-order valence-electron chi connectivity index (χ0n) is 16.0. The quantitative estimate of drug-likeness (QED) is 0.344. The van der Waals surface area contributed by atoms with Crippen LogP contribution in [0.4, 0.5) is 0 Å². The van der Waals surface area contributed by atoms with Gasteiger partial charge >= 0.3 is 0 Å². The van der Waals surface area contributed by atoms with Gasteiger partial charge in [0.2, 0.25) is 0 Å². The standard InChI is InChI=1S/C26H23OP/c1-19-24(21-14-8-4-9-15-21)28(27)18-26(19,2)23(20-12-6-3-7-13-20)25(28)22-16-10-5-11-17-22/h3-17,24H,1,18H2,2H3/t24-,26+,28?/m1/s1. The lowest BCUT2D eigenvalue weighted by Crippen LogP contribution is -2.20. The average molecular weight is 382 g/mol. The highest BCUT2D eigenvalue weighted by Crippen LogP contribution is 2.87. The van der Waals surface area contributed by atoms with Crippen LogP contribution in [-0.2, 0) is 4.57 Å². The van der Waals surface area contributed by atoms with Crippen molar-refractivity contribution in [3.63, 3.8) is 0 Å². The second-order valence-electron chi connectivity index (χ2n) is 8.08. The van der Waals surface area contributed by atoms with Gasteiger partial charge in [-0.1, -0.05) is 110 Å². The molecule has 5 rings (SSSR count). The first kappa shape index (κ1) is 17.5. The van der Waals surface area contributed by atoms with E-state index in [1.54, 1.807) is 0 Å². The van der Waals surface area contributed by atoms with Crippen molar-refractivity contribution >= 4 is 18.0 Å². The Morgan fingerprint density at radius 3 is 1.89 bits per heavy atom. The molecule has 1 fully saturated rings. The Bertz CT molecular complexity index is 1130. The molecule has 138 valence electrons. The fourth-order valence-electron chi connectivity index (χ4n) is 5.21. The van der Waals surface area contributed by atoms with E-state index in [1.807, 2.05) is 42.5 Å². The van der Waals surface area contributed by atoms with Gasteiger partial charge in [-0.2, -0.15) is 0 Å². The van der Waals surface area contributed by atoms with Crippen LogP contribution in [0.15, 0.2) is 103 Å². The first-order chi connectivity index (χ1) is 13.6. The molecule has 28 heavy (non-hydrogen) atoms. The van der Waals surface area contributed by atoms with Crippen molar-refractivity contribution in [1.29, 1.82) is 0 Å². The number of benzene rings is 3. The second kappa shape index (κ2) is 6.19. The molecular weight excluding hydrogens is 359 g/mol. The maximum Gasteiger partial charge on any atom is 0.128 e. The summed E-state index contributed by atoms with van der Waals surface area (Å²) < 4.78 is 14.8. The van der Waals surface area contributed by atoms with Gasteiger partial charge in [0.15, 0.2) is 0 Å². The van der Waals surface area contributed by atoms with Gasteiger partial charge in [0.05, 0.1) is 5.66 Å². The molecule has 1 saturated heterocycles. The van der Waals surface area contributed by atoms with Crippen LogP contribution in [0.2, 0.25) is 0 Å². The van der Waals surface area contributed by atoms with Crippen molar-refractivity contribution in [2.45, 2.75) is 12.6 Å². The van der Waals surface area contributed by atoms with E-state index in [1.165, 1.54) is 5.57 Å². The Morgan fingerprint density at radius 1 is 0.821 bits per heavy atom. The smallest absolute Gasteiger partial charge is 0.128 e. The van der Waals surface area contributed by atoms with Crippen molar-refractivity contribution in [2.75, 3.05) is 6.16 Å². The minimum Gasteiger partial charge on any atom is -0.318 e. The van der Waals surface area contributed by atoms with Crippen LogP contribution < -0.4 is 0 Å². The molecule has 0 aliphatic carbocycles. The Kier molecular flexibility index (Phi) is 3.86. The van der Waals surface area contributed by atoms with E-state index < -0.39 is 7.14 Å². The Labute approximate surface area is 166 Å². The third-order valence-corrected chi connectivity index (χ3v) is 10.2. The van der Waals surface area contributed by atoms with E-state index >= 15 is 0 Å². The Morgan fingerprint density at radius 2 is 1.32 bits per heavy atom. The van der Waals surface area contributed by atoms with Crippen molar-refractivity contribution in [1.82, 2.24) is 0 Å². The third-order valence-electron chi connectivity index (χ3n) is 6.40. The highest BCUT2D eigenvalue weighted by Gasteiger charge is 2.62. The summed E-state index contributed by atoms with van der Waals surface area (Å²) in [6.45, 7) is 6.75. The largest absolute Gasteiger partial charge is 0.318 e. The predicted octanol–water partition coefficient (Wildman–Crippen LogP) is 7.25. The van der Waals surface area contributed by atoms with Gasteiger partial charge in [0.1, 0.15) is 7.14 Å². The van der Waals surface area contributed by atoms with Crippen LogP contribution in [-0.4, -0.2) is 6.16 Å². The van der Waals surface area contributed by atoms with Crippen LogP contribution in [0.25, 0.3) is 10.9 Å². The molecule has 2 aliphatic heterocycles. The summed E-state index contributed by atoms with van der Waals surface area (Å²) in [5, 5.41) is 1.06. The summed E-state index contributed by atoms with van der Waals surface area (Å²) in [4.78, 5) is 0. The van der Waals surface area contributed by atoms with Gasteiger partial charge in [-0.05, 0) is 22.3 Å². The van der Waals surface area contributed by atoms with Crippen LogP contribution >= 0.6 is 7.14 Å². The monoisotopic (exact) mass is 382 g/mol. The van der Waals surface area contributed by atoms with Gasteiger partial charge in [0, 0.05) is 16.9 Å². The third kappa shape index (κ3) is 2.30. The van der Waals surface area contributed by atoms with Crippen LogP contribution in [0.1, 0.15) is 29.3 Å². The highest BCUT2D eigenvalue weighted by atomic mass is 31.2. The fourth-order valence-corrected chi connectivity index (χ4v) is 9.89. The number of hydrogen-bond donors (Lipinski definition) is 0. The van der Waals surface area contributed by atoms with Crippen molar-refractivity contribution in [2.24, 2.45) is 5.41 Å². The molecule has 3 aromatic carbocycles. The number of allylic oxidation sites excluding steroid dienone is 2. The lowest BCUT2D eigenvalue weighted by molar-refractivity contribution is 0.579. The molecule has 0 N–H and O–H groups in total. The summed E-state index contributed by atoms with van der Waals surface area (Å²) in [6, 6.07) is 31.0. The first-order valence-electron chi connectivity index (χ1n) is 9.75. The van der Waals surface area contributed by atoms with E-state index in [9.17, 15) is 4.57 Å². The molecule has 0 spiro atoms. The molecule has 2 bridgehead atoms. The zero-order chi connectivity index (χ0) is 19.4. The zero-order valence-corrected chi connectivity index (χ0v) is 16.9. The SMILES string of the molecule is C=C1[C@H](c2ccccc2)P2(=O)C[C@]1(C)C(c1ccccc1)=C2c1ccccc1. The lowest BCUT2D eigenvalue weighted by atomic mass is 9.72. The molecule has 3 aromatic rings. The minimum absolute atomic E-state index is 0.0960. The molecule has 0 amide bonds. The van der Waals surface area contributed by atoms with Crippen LogP contribution in [0.3, 0.4) is 0 Å². The summed E-state index contributed by atoms with van der Waals surface area (Å²) in [5.74, 6) is 0. The highest BCUT2D eigenvalue weighted by molar-refractivity contribution is 7.76. The summed E-state index contributed by atoms with van der Waals surface area (Å²) in [7, 11) is -2.70. The van der Waals surface area contributed by atoms with Crippen LogP contribution in [0, 0.1) is 5.41 Å². The molecular formula is C26H23OP. The Hall–Kier alpha value is -2.63. The molecule has 3 atom stereocenters. The van der Waals surface area contributed by atoms with E-state index in [0.717, 1.165) is 27.6 Å². The van der Waals surface area contributed by atoms with Gasteiger partial charge in [-0.3, -0.25) is 0 Å². The first-order valence-corrected chi connectivity index (χ1v) is 11.7. The fraction of sp³-hybridized carbons (Fsp3) is 0.154. The summed E-state index contributed by atoms with van der Waals surface area (Å²) in [6.07, 6.45) is 0.673. The summed E-state index contributed by atoms with van der Waals surface area (Å²) >= 11 is 0. The molecule has 1 nitrogen and oxygen atoms in total.